The lowest BCUT2D eigenvalue weighted by Gasteiger charge is -2.38. The van der Waals surface area contributed by atoms with Crippen LogP contribution in [0.2, 0.25) is 0 Å². The second-order valence-electron chi connectivity index (χ2n) is 9.09. The highest BCUT2D eigenvalue weighted by Crippen LogP contribution is 2.36. The van der Waals surface area contributed by atoms with Gasteiger partial charge in [0.2, 0.25) is 5.95 Å². The topological polar surface area (TPSA) is 106 Å². The molecule has 1 atom stereocenters. The molecule has 0 bridgehead atoms. The molecule has 0 saturated carbocycles. The first kappa shape index (κ1) is 25.1. The van der Waals surface area contributed by atoms with Crippen LogP contribution >= 0.6 is 11.9 Å². The number of halogens is 3. The molecule has 2 aromatic carbocycles. The summed E-state index contributed by atoms with van der Waals surface area (Å²) in [5.41, 5.74) is 3.59. The molecule has 0 spiro atoms. The number of anilines is 2. The summed E-state index contributed by atoms with van der Waals surface area (Å²) < 4.78 is 61.2. The van der Waals surface area contributed by atoms with Crippen LogP contribution in [0.4, 0.5) is 24.9 Å². The van der Waals surface area contributed by atoms with Gasteiger partial charge in [-0.15, -0.1) is 0 Å². The Labute approximate surface area is 211 Å². The van der Waals surface area contributed by atoms with E-state index in [-0.39, 0.29) is 18.8 Å². The number of ether oxygens (including phenoxy) is 1. The molecule has 2 aliphatic heterocycles. The van der Waals surface area contributed by atoms with Crippen molar-refractivity contribution in [2.24, 2.45) is 9.50 Å². The van der Waals surface area contributed by atoms with Gasteiger partial charge in [-0.1, -0.05) is 29.8 Å². The number of nitrogens with two attached hydrogens (primary N) is 1. The highest BCUT2D eigenvalue weighted by molar-refractivity contribution is 8.07. The van der Waals surface area contributed by atoms with Crippen molar-refractivity contribution >= 4 is 44.3 Å². The van der Waals surface area contributed by atoms with E-state index in [9.17, 15) is 17.4 Å². The molecule has 13 heteroatoms. The third-order valence-corrected chi connectivity index (χ3v) is 9.38. The van der Waals surface area contributed by atoms with Crippen molar-refractivity contribution in [3.63, 3.8) is 0 Å². The summed E-state index contributed by atoms with van der Waals surface area (Å²) in [6.45, 7) is 3.78. The van der Waals surface area contributed by atoms with Crippen molar-refractivity contribution in [1.29, 1.82) is 0 Å². The van der Waals surface area contributed by atoms with E-state index in [4.69, 9.17) is 20.4 Å². The van der Waals surface area contributed by atoms with E-state index < -0.39 is 32.7 Å². The van der Waals surface area contributed by atoms with Gasteiger partial charge in [0.15, 0.2) is 0 Å². The lowest BCUT2D eigenvalue weighted by Crippen LogP contribution is -2.61. The fourth-order valence-electron chi connectivity index (χ4n) is 4.16. The summed E-state index contributed by atoms with van der Waals surface area (Å²) in [6.07, 6.45) is 0. The van der Waals surface area contributed by atoms with Crippen LogP contribution in [0.25, 0.3) is 10.9 Å². The normalized spacial score (nSPS) is 21.4. The lowest BCUT2D eigenvalue weighted by atomic mass is 9.99. The fourth-order valence-corrected chi connectivity index (χ4v) is 7.12. The van der Waals surface area contributed by atoms with Gasteiger partial charge in [-0.05, 0) is 30.7 Å². The van der Waals surface area contributed by atoms with E-state index in [1.165, 1.54) is 0 Å². The van der Waals surface area contributed by atoms with E-state index in [2.05, 4.69) is 9.08 Å². The number of aryl methyl sites for hydroxylation is 1. The first-order valence-electron chi connectivity index (χ1n) is 11.2. The molecular formula is C23H25F3N6O2S2. The van der Waals surface area contributed by atoms with Crippen LogP contribution in [-0.4, -0.2) is 57.3 Å². The summed E-state index contributed by atoms with van der Waals surface area (Å²) in [6, 6.07) is 12.6. The Kier molecular flexibility index (Phi) is 6.52. The quantitative estimate of drug-likeness (QED) is 0.468. The van der Waals surface area contributed by atoms with E-state index in [1.807, 2.05) is 30.0 Å². The molecule has 192 valence electrons. The summed E-state index contributed by atoms with van der Waals surface area (Å²) in [5, 5.41) is 4.17. The first-order valence-corrected chi connectivity index (χ1v) is 13.7. The highest BCUT2D eigenvalue weighted by atomic mass is 32.2. The summed E-state index contributed by atoms with van der Waals surface area (Å²) in [7, 11) is -3.32. The number of hydrogen-bond acceptors (Lipinski definition) is 9. The Morgan fingerprint density at radius 1 is 1.25 bits per heavy atom. The minimum Gasteiger partial charge on any atom is -0.377 e. The van der Waals surface area contributed by atoms with Crippen LogP contribution in [0.1, 0.15) is 11.1 Å². The number of fused-ring (bicyclic) bond motifs is 2. The number of aromatic nitrogens is 2. The highest BCUT2D eigenvalue weighted by Gasteiger charge is 2.35. The molecule has 0 aliphatic carbocycles. The van der Waals surface area contributed by atoms with Crippen molar-refractivity contribution in [3.8, 4) is 0 Å². The molecule has 1 fully saturated rings. The second kappa shape index (κ2) is 9.36. The molecule has 3 aromatic rings. The zero-order valence-corrected chi connectivity index (χ0v) is 21.1. The summed E-state index contributed by atoms with van der Waals surface area (Å²) in [4.78, 5) is 11.7. The average Bonchev–Trinajstić information content (AvgIpc) is 2.97. The smallest absolute Gasteiger partial charge is 0.377 e. The van der Waals surface area contributed by atoms with Crippen molar-refractivity contribution in [2.75, 3.05) is 42.3 Å². The molecule has 5 rings (SSSR count). The van der Waals surface area contributed by atoms with Crippen LogP contribution in [0, 0.1) is 6.92 Å². The van der Waals surface area contributed by atoms with Gasteiger partial charge in [-0.3, -0.25) is 0 Å². The minimum atomic E-state index is -4.61. The molecule has 0 radical (unpaired) electrons. The van der Waals surface area contributed by atoms with E-state index in [1.54, 1.807) is 24.3 Å². The number of nitrogens with zero attached hydrogens (tertiary/aromatic N) is 4. The predicted molar refractivity (Wildman–Crippen MR) is 135 cm³/mol. The monoisotopic (exact) mass is 538 g/mol. The average molecular weight is 539 g/mol. The van der Waals surface area contributed by atoms with Gasteiger partial charge in [-0.2, -0.15) is 21.9 Å². The van der Waals surface area contributed by atoms with Crippen molar-refractivity contribution in [2.45, 2.75) is 29.4 Å². The zero-order chi connectivity index (χ0) is 25.6. The van der Waals surface area contributed by atoms with Crippen molar-refractivity contribution in [3.05, 3.63) is 53.6 Å². The largest absolute Gasteiger partial charge is 0.464 e. The number of nitrogens with one attached hydrogen (secondary N) is 1. The molecule has 8 nitrogen and oxygen atoms in total. The number of rotatable bonds is 5. The van der Waals surface area contributed by atoms with E-state index in [0.717, 1.165) is 10.9 Å². The number of hydrogen-bond donors (Lipinski definition) is 2. The van der Waals surface area contributed by atoms with Gasteiger partial charge in [0.05, 0.1) is 56.6 Å². The molecule has 1 saturated heterocycles. The molecule has 1 aromatic heterocycles. The van der Waals surface area contributed by atoms with Gasteiger partial charge < -0.3 is 20.7 Å². The molecule has 0 amide bonds. The van der Waals surface area contributed by atoms with Crippen LogP contribution in [0.5, 0.6) is 0 Å². The fraction of sp³-hybridized carbons (Fsp3) is 0.391. The van der Waals surface area contributed by atoms with Crippen LogP contribution < -0.4 is 16.0 Å². The van der Waals surface area contributed by atoms with Gasteiger partial charge in [-0.25, -0.2) is 9.19 Å². The van der Waals surface area contributed by atoms with Gasteiger partial charge in [0.25, 0.3) is 0 Å². The molecule has 1 unspecified atom stereocenters. The SMILES string of the molecule is Cc1ccc2nc(N3CCS(=O)(=NSC(F)(F)F)c4ccccc4C3)nc(NCC3(N)COC3)c2c1. The van der Waals surface area contributed by atoms with Gasteiger partial charge in [0.1, 0.15) is 5.82 Å². The van der Waals surface area contributed by atoms with Crippen LogP contribution in [0.15, 0.2) is 51.1 Å². The maximum Gasteiger partial charge on any atom is 0.464 e. The standard InChI is InChI=1S/C23H25F3N6O2S2/c1-15-6-7-18-17(10-15)20(28-12-22(27)13-34-14-22)30-21(29-18)32-8-9-36(33,31-35-23(24,25)26)19-5-3-2-4-16(19)11-32/h2-7,10H,8-9,11-14,27H2,1H3,(H,28,29,30). The molecule has 3 N–H and O–H groups in total. The number of alkyl halides is 3. The second-order valence-corrected chi connectivity index (χ2v) is 12.5. The Balaban J connectivity index is 1.53. The van der Waals surface area contributed by atoms with Gasteiger partial charge in [0, 0.05) is 25.0 Å². The van der Waals surface area contributed by atoms with E-state index in [0.29, 0.717) is 47.5 Å². The molecule has 36 heavy (non-hydrogen) atoms. The van der Waals surface area contributed by atoms with Gasteiger partial charge >= 0.3 is 5.51 Å². The third kappa shape index (κ3) is 5.24. The maximum absolute atomic E-state index is 13.6. The molecule has 2 aliphatic rings. The van der Waals surface area contributed by atoms with Crippen LogP contribution in [0.3, 0.4) is 0 Å². The molecular weight excluding hydrogens is 513 g/mol. The molecule has 3 heterocycles. The lowest BCUT2D eigenvalue weighted by molar-refractivity contribution is -0.0461. The van der Waals surface area contributed by atoms with Crippen LogP contribution in [-0.2, 0) is 21.0 Å². The predicted octanol–water partition coefficient (Wildman–Crippen LogP) is 4.09. The Morgan fingerprint density at radius 2 is 2.03 bits per heavy atom. The van der Waals surface area contributed by atoms with Crippen molar-refractivity contribution in [1.82, 2.24) is 9.97 Å². The zero-order valence-electron chi connectivity index (χ0n) is 19.4. The summed E-state index contributed by atoms with van der Waals surface area (Å²) >= 11 is -0.601. The van der Waals surface area contributed by atoms with Crippen molar-refractivity contribution < 1.29 is 22.1 Å². The Morgan fingerprint density at radius 3 is 2.75 bits per heavy atom. The van der Waals surface area contributed by atoms with E-state index >= 15 is 0 Å². The Bertz CT molecular complexity index is 1420. The number of benzene rings is 2. The summed E-state index contributed by atoms with van der Waals surface area (Å²) in [5.74, 6) is 0.895. The maximum atomic E-state index is 13.6. The first-order chi connectivity index (χ1) is 17.0. The minimum absolute atomic E-state index is 0.0889. The third-order valence-electron chi connectivity index (χ3n) is 6.09. The Hall–Kier alpha value is -2.61.